The van der Waals surface area contributed by atoms with Crippen molar-refractivity contribution in [2.24, 2.45) is 0 Å². The summed E-state index contributed by atoms with van der Waals surface area (Å²) in [7, 11) is 1.38. The van der Waals surface area contributed by atoms with Crippen molar-refractivity contribution < 1.29 is 9.53 Å². The van der Waals surface area contributed by atoms with Gasteiger partial charge >= 0.3 is 11.7 Å². The van der Waals surface area contributed by atoms with Crippen LogP contribution in [0.15, 0.2) is 9.95 Å². The zero-order valence-electron chi connectivity index (χ0n) is 11.0. The van der Waals surface area contributed by atoms with E-state index in [0.717, 1.165) is 12.8 Å². The number of ether oxygens (including phenoxy) is 1. The molecule has 0 radical (unpaired) electrons. The van der Waals surface area contributed by atoms with Crippen molar-refractivity contribution in [1.29, 1.82) is 0 Å². The minimum Gasteiger partial charge on any atom is -0.468 e. The lowest BCUT2D eigenvalue weighted by Crippen LogP contribution is -2.41. The summed E-state index contributed by atoms with van der Waals surface area (Å²) in [6.45, 7) is 2.43. The van der Waals surface area contributed by atoms with Gasteiger partial charge in [0.2, 0.25) is 0 Å². The highest BCUT2D eigenvalue weighted by molar-refractivity contribution is 7.99. The molecule has 2 N–H and O–H groups in total. The minimum atomic E-state index is -0.361. The van der Waals surface area contributed by atoms with E-state index in [-0.39, 0.29) is 17.7 Å². The first-order valence-corrected chi connectivity index (χ1v) is 7.26. The molecule has 0 aliphatic heterocycles. The number of aromatic amines is 1. The number of aromatic nitrogens is 3. The Labute approximate surface area is 115 Å². The number of nitrogens with zero attached hydrogens (tertiary/aromatic N) is 2. The molecule has 1 aromatic heterocycles. The van der Waals surface area contributed by atoms with Gasteiger partial charge in [-0.2, -0.15) is 0 Å². The van der Waals surface area contributed by atoms with Crippen molar-refractivity contribution in [3.63, 3.8) is 0 Å². The van der Waals surface area contributed by atoms with Crippen LogP contribution in [0, 0.1) is 0 Å². The van der Waals surface area contributed by atoms with Crippen LogP contribution in [0.25, 0.3) is 0 Å². The summed E-state index contributed by atoms with van der Waals surface area (Å²) in [6.07, 6.45) is 2.19. The highest BCUT2D eigenvalue weighted by Gasteiger charge is 2.29. The van der Waals surface area contributed by atoms with Gasteiger partial charge in [0.1, 0.15) is 6.04 Å². The molecule has 19 heavy (non-hydrogen) atoms. The number of esters is 1. The number of hydrogen-bond donors (Lipinski definition) is 2. The monoisotopic (exact) mass is 286 g/mol. The van der Waals surface area contributed by atoms with Gasteiger partial charge in [0.15, 0.2) is 5.16 Å². The number of hydrogen-bond acceptors (Lipinski definition) is 6. The molecule has 1 unspecified atom stereocenters. The number of carbonyl (C=O) groups is 1. The summed E-state index contributed by atoms with van der Waals surface area (Å²) < 4.78 is 6.32. The summed E-state index contributed by atoms with van der Waals surface area (Å²) in [5, 5.41) is 10.2. The molecule has 0 amide bonds. The molecule has 0 spiro atoms. The van der Waals surface area contributed by atoms with E-state index < -0.39 is 0 Å². The molecular formula is C11H18N4O3S. The molecule has 1 aliphatic carbocycles. The van der Waals surface area contributed by atoms with Crippen LogP contribution < -0.4 is 11.0 Å². The van der Waals surface area contributed by atoms with E-state index in [1.165, 1.54) is 23.4 Å². The Bertz CT molecular complexity index is 494. The molecule has 7 nitrogen and oxygen atoms in total. The lowest BCUT2D eigenvalue weighted by Gasteiger charge is -2.15. The zero-order valence-corrected chi connectivity index (χ0v) is 11.8. The fourth-order valence-corrected chi connectivity index (χ4v) is 2.74. The topological polar surface area (TPSA) is 89.0 Å². The molecule has 106 valence electrons. The smallest absolute Gasteiger partial charge is 0.343 e. The van der Waals surface area contributed by atoms with Gasteiger partial charge in [-0.3, -0.25) is 9.36 Å². The third-order valence-corrected chi connectivity index (χ3v) is 3.99. The maximum atomic E-state index is 11.7. The summed E-state index contributed by atoms with van der Waals surface area (Å²) in [6, 6.07) is 0.0526. The first-order chi connectivity index (χ1) is 9.15. The SMILES string of the molecule is CCn1c(SCC(NC2CC2)C(=O)OC)n[nH]c1=O. The van der Waals surface area contributed by atoms with Crippen LogP contribution in [-0.2, 0) is 16.1 Å². The minimum absolute atomic E-state index is 0.227. The van der Waals surface area contributed by atoms with Gasteiger partial charge in [0, 0.05) is 18.3 Å². The van der Waals surface area contributed by atoms with E-state index in [4.69, 9.17) is 4.74 Å². The number of nitrogens with one attached hydrogen (secondary N) is 2. The molecule has 0 aromatic carbocycles. The molecule has 8 heteroatoms. The Hall–Kier alpha value is -1.28. The van der Waals surface area contributed by atoms with Crippen molar-refractivity contribution in [3.05, 3.63) is 10.5 Å². The van der Waals surface area contributed by atoms with E-state index >= 15 is 0 Å². The van der Waals surface area contributed by atoms with E-state index in [1.54, 1.807) is 0 Å². The Balaban J connectivity index is 1.96. The summed E-state index contributed by atoms with van der Waals surface area (Å²) in [5.74, 6) is 0.216. The Morgan fingerprint density at radius 2 is 2.42 bits per heavy atom. The van der Waals surface area contributed by atoms with E-state index in [0.29, 0.717) is 23.5 Å². The van der Waals surface area contributed by atoms with Crippen molar-refractivity contribution in [3.8, 4) is 0 Å². The molecule has 1 aromatic rings. The quantitative estimate of drug-likeness (QED) is 0.541. The fourth-order valence-electron chi connectivity index (χ4n) is 1.71. The standard InChI is InChI=1S/C11H18N4O3S/c1-3-15-10(17)13-14-11(15)19-6-8(9(16)18-2)12-7-4-5-7/h7-8,12H,3-6H2,1-2H3,(H,13,17). The van der Waals surface area contributed by atoms with E-state index in [1.807, 2.05) is 6.92 Å². The van der Waals surface area contributed by atoms with Gasteiger partial charge < -0.3 is 10.1 Å². The summed E-state index contributed by atoms with van der Waals surface area (Å²) >= 11 is 1.37. The third-order valence-electron chi connectivity index (χ3n) is 2.92. The van der Waals surface area contributed by atoms with Crippen molar-refractivity contribution in [2.75, 3.05) is 12.9 Å². The van der Waals surface area contributed by atoms with Gasteiger partial charge in [0.25, 0.3) is 0 Å². The van der Waals surface area contributed by atoms with Crippen LogP contribution in [0.4, 0.5) is 0 Å². The lowest BCUT2D eigenvalue weighted by atomic mass is 10.3. The third kappa shape index (κ3) is 3.60. The molecule has 1 heterocycles. The highest BCUT2D eigenvalue weighted by Crippen LogP contribution is 2.22. The normalized spacial score (nSPS) is 16.3. The van der Waals surface area contributed by atoms with Gasteiger partial charge in [-0.15, -0.1) is 5.10 Å². The molecule has 1 fully saturated rings. The van der Waals surface area contributed by atoms with Crippen molar-refractivity contribution in [1.82, 2.24) is 20.1 Å². The van der Waals surface area contributed by atoms with Crippen molar-refractivity contribution >= 4 is 17.7 Å². The second kappa shape index (κ2) is 6.25. The number of methoxy groups -OCH3 is 1. The predicted octanol–water partition coefficient (Wildman–Crippen LogP) is -0.0230. The first-order valence-electron chi connectivity index (χ1n) is 6.27. The molecule has 2 rings (SSSR count). The molecule has 0 saturated heterocycles. The van der Waals surface area contributed by atoms with Gasteiger partial charge in [-0.1, -0.05) is 11.8 Å². The second-order valence-electron chi connectivity index (χ2n) is 4.38. The molecule has 1 atom stereocenters. The fraction of sp³-hybridized carbons (Fsp3) is 0.727. The second-order valence-corrected chi connectivity index (χ2v) is 5.37. The number of carbonyl (C=O) groups excluding carboxylic acids is 1. The molecular weight excluding hydrogens is 268 g/mol. The average Bonchev–Trinajstić information content (AvgIpc) is 3.16. The van der Waals surface area contributed by atoms with Crippen LogP contribution >= 0.6 is 11.8 Å². The van der Waals surface area contributed by atoms with Crippen LogP contribution in [0.2, 0.25) is 0 Å². The highest BCUT2D eigenvalue weighted by atomic mass is 32.2. The zero-order chi connectivity index (χ0) is 13.8. The largest absolute Gasteiger partial charge is 0.468 e. The van der Waals surface area contributed by atoms with Crippen LogP contribution in [0.1, 0.15) is 19.8 Å². The maximum absolute atomic E-state index is 11.7. The Morgan fingerprint density at radius 3 is 3.00 bits per heavy atom. The van der Waals surface area contributed by atoms with Crippen LogP contribution in [0.5, 0.6) is 0 Å². The molecule has 0 bridgehead atoms. The van der Waals surface area contributed by atoms with Gasteiger partial charge in [-0.25, -0.2) is 9.89 Å². The van der Waals surface area contributed by atoms with E-state index in [2.05, 4.69) is 15.5 Å². The Morgan fingerprint density at radius 1 is 1.68 bits per heavy atom. The molecule has 1 aliphatic rings. The van der Waals surface area contributed by atoms with Crippen LogP contribution in [-0.4, -0.2) is 45.7 Å². The van der Waals surface area contributed by atoms with Gasteiger partial charge in [-0.05, 0) is 19.8 Å². The number of H-pyrrole nitrogens is 1. The first kappa shape index (κ1) is 14.1. The average molecular weight is 286 g/mol. The predicted molar refractivity (Wildman–Crippen MR) is 71.2 cm³/mol. The van der Waals surface area contributed by atoms with E-state index in [9.17, 15) is 9.59 Å². The summed E-state index contributed by atoms with van der Waals surface area (Å²) in [4.78, 5) is 23.1. The maximum Gasteiger partial charge on any atom is 0.343 e. The Kier molecular flexibility index (Phi) is 4.65. The number of rotatable bonds is 7. The molecule has 1 saturated carbocycles. The van der Waals surface area contributed by atoms with Gasteiger partial charge in [0.05, 0.1) is 7.11 Å². The number of thioether (sulfide) groups is 1. The summed E-state index contributed by atoms with van der Waals surface area (Å²) in [5.41, 5.74) is -0.227. The van der Waals surface area contributed by atoms with Crippen LogP contribution in [0.3, 0.4) is 0 Å². The van der Waals surface area contributed by atoms with Crippen molar-refractivity contribution in [2.45, 2.75) is 43.6 Å². The lowest BCUT2D eigenvalue weighted by molar-refractivity contribution is -0.142.